The Morgan fingerprint density at radius 1 is 1.48 bits per heavy atom. The molecular formula is C13H23NO5PS-. The van der Waals surface area contributed by atoms with Gasteiger partial charge in [-0.1, -0.05) is 24.0 Å². The molecule has 21 heavy (non-hydrogen) atoms. The van der Waals surface area contributed by atoms with E-state index in [0.29, 0.717) is 13.0 Å². The highest BCUT2D eigenvalue weighted by Gasteiger charge is 2.32. The molecule has 0 spiro atoms. The summed E-state index contributed by atoms with van der Waals surface area (Å²) in [6.45, 7) is 1.91. The third-order valence-electron chi connectivity index (χ3n) is 3.03. The van der Waals surface area contributed by atoms with Crippen LogP contribution in [0.3, 0.4) is 0 Å². The average molecular weight is 336 g/mol. The Kier molecular flexibility index (Phi) is 6.81. The first-order valence-electron chi connectivity index (χ1n) is 6.82. The third-order valence-corrected chi connectivity index (χ3v) is 4.03. The van der Waals surface area contributed by atoms with Gasteiger partial charge in [-0.3, -0.25) is 4.90 Å². The van der Waals surface area contributed by atoms with Gasteiger partial charge in [-0.2, -0.15) is 0 Å². The summed E-state index contributed by atoms with van der Waals surface area (Å²) in [5.74, 6) is 0. The van der Waals surface area contributed by atoms with E-state index in [1.54, 1.807) is 13.8 Å². The molecule has 6 nitrogen and oxygen atoms in total. The maximum atomic E-state index is 12.1. The van der Waals surface area contributed by atoms with Gasteiger partial charge in [-0.05, 0) is 39.8 Å². The summed E-state index contributed by atoms with van der Waals surface area (Å²) in [5, 5.41) is 0. The first-order chi connectivity index (χ1) is 9.62. The molecule has 0 saturated heterocycles. The van der Waals surface area contributed by atoms with Crippen molar-refractivity contribution in [2.45, 2.75) is 45.1 Å². The topological polar surface area (TPSA) is 71.1 Å². The van der Waals surface area contributed by atoms with Crippen molar-refractivity contribution in [2.75, 3.05) is 20.3 Å². The number of amides is 1. The molecule has 0 aliphatic carbocycles. The van der Waals surface area contributed by atoms with Gasteiger partial charge in [0.1, 0.15) is 5.72 Å². The van der Waals surface area contributed by atoms with Crippen molar-refractivity contribution in [1.82, 2.24) is 4.90 Å². The maximum absolute atomic E-state index is 12.1. The summed E-state index contributed by atoms with van der Waals surface area (Å²) in [7, 11) is 1.51. The quantitative estimate of drug-likeness (QED) is 0.445. The Morgan fingerprint density at radius 3 is 2.71 bits per heavy atom. The minimum atomic E-state index is -3.14. The lowest BCUT2D eigenvalue weighted by atomic mass is 10.2. The Bertz CT molecular complexity index is 434. The van der Waals surface area contributed by atoms with E-state index >= 15 is 0 Å². The van der Waals surface area contributed by atoms with Crippen molar-refractivity contribution in [3.8, 4) is 0 Å². The smallest absolute Gasteiger partial charge is 0.414 e. The monoisotopic (exact) mass is 336 g/mol. The van der Waals surface area contributed by atoms with Crippen LogP contribution < -0.4 is 4.89 Å². The average Bonchev–Trinajstić information content (AvgIpc) is 2.28. The van der Waals surface area contributed by atoms with Crippen LogP contribution in [0.5, 0.6) is 0 Å². The highest BCUT2D eigenvalue weighted by molar-refractivity contribution is 8.08. The molecule has 0 aromatic heterocycles. The Hall–Kier alpha value is -0.460. The molecule has 1 rings (SSSR count). The summed E-state index contributed by atoms with van der Waals surface area (Å²) in [6.07, 6.45) is 5.10. The second-order valence-electron chi connectivity index (χ2n) is 5.39. The van der Waals surface area contributed by atoms with Crippen molar-refractivity contribution in [1.29, 1.82) is 0 Å². The molecule has 1 aliphatic rings. The fourth-order valence-electron chi connectivity index (χ4n) is 1.79. The van der Waals surface area contributed by atoms with Crippen LogP contribution in [0.2, 0.25) is 0 Å². The van der Waals surface area contributed by atoms with E-state index in [-0.39, 0.29) is 0 Å². The number of carbonyl (C=O) groups is 1. The summed E-state index contributed by atoms with van der Waals surface area (Å²) in [4.78, 5) is 25.0. The molecule has 8 heteroatoms. The molecule has 0 radical (unpaired) electrons. The van der Waals surface area contributed by atoms with Gasteiger partial charge in [0.25, 0.3) is 0 Å². The van der Waals surface area contributed by atoms with Gasteiger partial charge in [0.2, 0.25) is 6.29 Å². The Morgan fingerprint density at radius 2 is 2.10 bits per heavy atom. The molecular weight excluding hydrogens is 313 g/mol. The van der Waals surface area contributed by atoms with Gasteiger partial charge in [0, 0.05) is 13.5 Å². The highest BCUT2D eigenvalue weighted by Crippen LogP contribution is 2.39. The van der Waals surface area contributed by atoms with E-state index in [1.165, 1.54) is 18.6 Å². The fourth-order valence-corrected chi connectivity index (χ4v) is 3.27. The van der Waals surface area contributed by atoms with Gasteiger partial charge in [-0.25, -0.2) is 4.79 Å². The zero-order chi connectivity index (χ0) is 16.1. The van der Waals surface area contributed by atoms with Crippen molar-refractivity contribution < 1.29 is 23.7 Å². The van der Waals surface area contributed by atoms with Crippen LogP contribution in [-0.2, 0) is 25.8 Å². The van der Waals surface area contributed by atoms with Gasteiger partial charge in [0.05, 0.1) is 6.61 Å². The zero-order valence-corrected chi connectivity index (χ0v) is 14.6. The van der Waals surface area contributed by atoms with E-state index in [4.69, 9.17) is 25.8 Å². The van der Waals surface area contributed by atoms with Gasteiger partial charge >= 0.3 is 6.09 Å². The van der Waals surface area contributed by atoms with E-state index < -0.39 is 24.6 Å². The Balaban J connectivity index is 2.60. The first-order valence-corrected chi connectivity index (χ1v) is 9.91. The molecule has 1 heterocycles. The maximum Gasteiger partial charge on any atom is 0.414 e. The molecule has 0 fully saturated rings. The molecule has 1 aliphatic heterocycles. The van der Waals surface area contributed by atoms with Crippen LogP contribution >= 0.6 is 6.49 Å². The Labute approximate surface area is 131 Å². The van der Waals surface area contributed by atoms with Crippen LogP contribution in [0.25, 0.3) is 0 Å². The molecule has 0 bridgehead atoms. The molecule has 0 saturated carbocycles. The zero-order valence-electron chi connectivity index (χ0n) is 12.9. The standard InChI is InChI=1S/C13H24NO5PS/c1-13(2,19-20(4,16)21)14(3)12(15)18-11-9-7-5-6-8-10-17-11/h5-6,11H,7-10H2,1-4H3,(H,16,21)/p-1/b6-5+. The second-order valence-corrected chi connectivity index (χ2v) is 9.11. The fraction of sp³-hybridized carbons (Fsp3) is 0.769. The molecule has 2 atom stereocenters. The van der Waals surface area contributed by atoms with Crippen LogP contribution in [-0.4, -0.2) is 43.3 Å². The van der Waals surface area contributed by atoms with E-state index in [9.17, 15) is 9.69 Å². The molecule has 2 unspecified atom stereocenters. The normalized spacial score (nSPS) is 24.3. The van der Waals surface area contributed by atoms with Crippen molar-refractivity contribution in [2.24, 2.45) is 0 Å². The molecule has 122 valence electrons. The van der Waals surface area contributed by atoms with Gasteiger partial charge in [-0.15, -0.1) is 0 Å². The van der Waals surface area contributed by atoms with E-state index in [1.807, 2.05) is 12.2 Å². The minimum Gasteiger partial charge on any atom is -0.801 e. The van der Waals surface area contributed by atoms with Crippen molar-refractivity contribution in [3.05, 3.63) is 12.2 Å². The highest BCUT2D eigenvalue weighted by atomic mass is 32.5. The van der Waals surface area contributed by atoms with Crippen LogP contribution in [0.4, 0.5) is 4.79 Å². The van der Waals surface area contributed by atoms with Gasteiger partial charge in [0.15, 0.2) is 0 Å². The number of carbonyl (C=O) groups excluding carboxylic acids is 1. The summed E-state index contributed by atoms with van der Waals surface area (Å²) in [5.41, 5.74) is -1.12. The van der Waals surface area contributed by atoms with Crippen molar-refractivity contribution in [3.63, 3.8) is 0 Å². The predicted octanol–water partition coefficient (Wildman–Crippen LogP) is 2.19. The number of allylic oxidation sites excluding steroid dienone is 1. The lowest BCUT2D eigenvalue weighted by molar-refractivity contribution is -0.199. The minimum absolute atomic E-state index is 0.508. The van der Waals surface area contributed by atoms with Crippen LogP contribution in [0, 0.1) is 0 Å². The van der Waals surface area contributed by atoms with E-state index in [2.05, 4.69) is 0 Å². The van der Waals surface area contributed by atoms with E-state index in [0.717, 1.165) is 12.8 Å². The number of rotatable bonds is 4. The SMILES string of the molecule is CN(C(=O)OC1CC/C=C/CCO1)C(C)(C)OP(C)([O-])=S. The molecule has 1 amide bonds. The molecule has 0 aromatic rings. The number of ether oxygens (including phenoxy) is 2. The number of hydrogen-bond acceptors (Lipinski definition) is 6. The summed E-state index contributed by atoms with van der Waals surface area (Å²) >= 11 is 4.76. The number of nitrogens with zero attached hydrogens (tertiary/aromatic N) is 1. The third kappa shape index (κ3) is 6.89. The lowest BCUT2D eigenvalue weighted by Crippen LogP contribution is -2.48. The van der Waals surface area contributed by atoms with Crippen molar-refractivity contribution >= 4 is 24.4 Å². The second kappa shape index (κ2) is 7.70. The predicted molar refractivity (Wildman–Crippen MR) is 82.3 cm³/mol. The molecule has 0 N–H and O–H groups in total. The number of hydrogen-bond donors (Lipinski definition) is 0. The van der Waals surface area contributed by atoms with Gasteiger partial charge < -0.3 is 18.9 Å². The summed E-state index contributed by atoms with van der Waals surface area (Å²) < 4.78 is 16.1. The van der Waals surface area contributed by atoms with Crippen LogP contribution in [0.1, 0.15) is 33.1 Å². The van der Waals surface area contributed by atoms with Crippen LogP contribution in [0.15, 0.2) is 12.2 Å². The summed E-state index contributed by atoms with van der Waals surface area (Å²) in [6, 6.07) is 0. The largest absolute Gasteiger partial charge is 0.801 e. The lowest BCUT2D eigenvalue weighted by Gasteiger charge is -2.40. The first kappa shape index (κ1) is 18.6. The molecule has 0 aromatic carbocycles.